The summed E-state index contributed by atoms with van der Waals surface area (Å²) in [5.41, 5.74) is 5.02. The lowest BCUT2D eigenvalue weighted by atomic mass is 10.0. The molecule has 0 aliphatic carbocycles. The van der Waals surface area contributed by atoms with Crippen LogP contribution in [0.15, 0.2) is 73.2 Å². The van der Waals surface area contributed by atoms with Gasteiger partial charge in [-0.15, -0.1) is 0 Å². The smallest absolute Gasteiger partial charge is 0.227 e. The summed E-state index contributed by atoms with van der Waals surface area (Å²) in [6.45, 7) is 4.85. The van der Waals surface area contributed by atoms with Crippen LogP contribution < -0.4 is 10.2 Å². The van der Waals surface area contributed by atoms with Gasteiger partial charge >= 0.3 is 0 Å². The second-order valence-electron chi connectivity index (χ2n) is 7.84. The average Bonchev–Trinajstić information content (AvgIpc) is 2.85. The van der Waals surface area contributed by atoms with Crippen LogP contribution in [0.25, 0.3) is 22.0 Å². The number of fused-ring (bicyclic) bond motifs is 1. The molecule has 1 aliphatic heterocycles. The van der Waals surface area contributed by atoms with Crippen molar-refractivity contribution in [1.29, 1.82) is 0 Å². The highest BCUT2D eigenvalue weighted by Gasteiger charge is 2.18. The van der Waals surface area contributed by atoms with E-state index in [-0.39, 0.29) is 5.91 Å². The van der Waals surface area contributed by atoms with Gasteiger partial charge < -0.3 is 15.1 Å². The summed E-state index contributed by atoms with van der Waals surface area (Å²) in [6.07, 6.45) is 5.45. The summed E-state index contributed by atoms with van der Waals surface area (Å²) < 4.78 is 0. The highest BCUT2D eigenvalue weighted by Crippen LogP contribution is 2.28. The van der Waals surface area contributed by atoms with E-state index in [4.69, 9.17) is 4.98 Å². The maximum absolute atomic E-state index is 11.5. The molecular weight excluding hydrogens is 400 g/mol. The van der Waals surface area contributed by atoms with E-state index in [9.17, 15) is 4.79 Å². The summed E-state index contributed by atoms with van der Waals surface area (Å²) in [4.78, 5) is 29.2. The summed E-state index contributed by atoms with van der Waals surface area (Å²) in [5, 5.41) is 4.30. The first kappa shape index (κ1) is 19.9. The van der Waals surface area contributed by atoms with E-state index < -0.39 is 0 Å². The lowest BCUT2D eigenvalue weighted by molar-refractivity contribution is -0.129. The molecule has 1 N–H and O–H groups in total. The van der Waals surface area contributed by atoms with Crippen molar-refractivity contribution in [2.75, 3.05) is 36.4 Å². The van der Waals surface area contributed by atoms with Crippen molar-refractivity contribution in [3.63, 3.8) is 0 Å². The van der Waals surface area contributed by atoms with Crippen molar-refractivity contribution < 1.29 is 4.79 Å². The fourth-order valence-corrected chi connectivity index (χ4v) is 4.04. The van der Waals surface area contributed by atoms with E-state index in [2.05, 4.69) is 38.4 Å². The van der Waals surface area contributed by atoms with Crippen LogP contribution in [0.2, 0.25) is 0 Å². The third-order valence-electron chi connectivity index (χ3n) is 5.80. The maximum atomic E-state index is 11.5. The molecule has 0 radical (unpaired) electrons. The van der Waals surface area contributed by atoms with Crippen molar-refractivity contribution in [2.24, 2.45) is 0 Å². The molecule has 0 atom stereocenters. The van der Waals surface area contributed by atoms with Gasteiger partial charge in [-0.05, 0) is 30.3 Å². The molecule has 7 nitrogen and oxygen atoms in total. The predicted octanol–water partition coefficient (Wildman–Crippen LogP) is 4.10. The van der Waals surface area contributed by atoms with Crippen LogP contribution in [0.5, 0.6) is 0 Å². The minimum absolute atomic E-state index is 0.145. The summed E-state index contributed by atoms with van der Waals surface area (Å²) in [7, 11) is 0. The number of para-hydroxylation sites is 1. The zero-order valence-corrected chi connectivity index (χ0v) is 17.9. The maximum Gasteiger partial charge on any atom is 0.227 e. The van der Waals surface area contributed by atoms with Crippen LogP contribution in [0.3, 0.4) is 0 Å². The molecular formula is C25H24N6O. The highest BCUT2D eigenvalue weighted by molar-refractivity contribution is 5.93. The van der Waals surface area contributed by atoms with Crippen LogP contribution in [0.4, 0.5) is 17.3 Å². The molecule has 0 saturated carbocycles. The van der Waals surface area contributed by atoms with Gasteiger partial charge in [-0.1, -0.05) is 24.3 Å². The number of piperazine rings is 1. The SMILES string of the molecule is CC(=O)N1CCN(c2ccc(Nc3ncc4cccc(-c5cccnc5)c4n3)cc2)CC1. The number of aromatic nitrogens is 3. The minimum atomic E-state index is 0.145. The van der Waals surface area contributed by atoms with E-state index in [0.717, 1.165) is 59.6 Å². The van der Waals surface area contributed by atoms with Crippen LogP contribution in [-0.2, 0) is 4.79 Å². The molecule has 0 bridgehead atoms. The van der Waals surface area contributed by atoms with Gasteiger partial charge in [0.1, 0.15) is 0 Å². The van der Waals surface area contributed by atoms with E-state index in [1.165, 1.54) is 0 Å². The number of rotatable bonds is 4. The Bertz CT molecular complexity index is 1230. The first-order chi connectivity index (χ1) is 15.7. The molecule has 1 aliphatic rings. The summed E-state index contributed by atoms with van der Waals surface area (Å²) in [6, 6.07) is 18.3. The number of hydrogen-bond donors (Lipinski definition) is 1. The Labute approximate surface area is 186 Å². The Morgan fingerprint density at radius 2 is 1.75 bits per heavy atom. The molecule has 160 valence electrons. The van der Waals surface area contributed by atoms with Crippen molar-refractivity contribution in [3.05, 3.63) is 73.2 Å². The van der Waals surface area contributed by atoms with Gasteiger partial charge in [0.05, 0.1) is 5.52 Å². The lowest BCUT2D eigenvalue weighted by Gasteiger charge is -2.35. The van der Waals surface area contributed by atoms with E-state index in [1.54, 1.807) is 13.1 Å². The number of anilines is 3. The normalized spacial score (nSPS) is 13.9. The Kier molecular flexibility index (Phi) is 5.37. The van der Waals surface area contributed by atoms with E-state index in [0.29, 0.717) is 5.95 Å². The third-order valence-corrected chi connectivity index (χ3v) is 5.80. The second kappa shape index (κ2) is 8.63. The topological polar surface area (TPSA) is 74.2 Å². The number of nitrogens with zero attached hydrogens (tertiary/aromatic N) is 5. The number of carbonyl (C=O) groups is 1. The highest BCUT2D eigenvalue weighted by atomic mass is 16.2. The second-order valence-corrected chi connectivity index (χ2v) is 7.84. The van der Waals surface area contributed by atoms with E-state index >= 15 is 0 Å². The van der Waals surface area contributed by atoms with Gasteiger partial charge in [-0.2, -0.15) is 0 Å². The molecule has 3 heterocycles. The molecule has 1 saturated heterocycles. The largest absolute Gasteiger partial charge is 0.368 e. The van der Waals surface area contributed by atoms with Gasteiger partial charge in [-0.25, -0.2) is 9.97 Å². The summed E-state index contributed by atoms with van der Waals surface area (Å²) >= 11 is 0. The third kappa shape index (κ3) is 4.09. The first-order valence-corrected chi connectivity index (χ1v) is 10.7. The standard InChI is InChI=1S/C25H24N6O/c1-18(32)30-12-14-31(15-13-30)22-9-7-21(8-10-22)28-25-27-17-20-4-2-6-23(24(20)29-25)19-5-3-11-26-16-19/h2-11,16-17H,12-15H2,1H3,(H,27,28,29). The van der Waals surface area contributed by atoms with Gasteiger partial charge in [-0.3, -0.25) is 9.78 Å². The lowest BCUT2D eigenvalue weighted by Crippen LogP contribution is -2.48. The van der Waals surface area contributed by atoms with Crippen molar-refractivity contribution >= 4 is 34.1 Å². The summed E-state index contributed by atoms with van der Waals surface area (Å²) in [5.74, 6) is 0.697. The van der Waals surface area contributed by atoms with Gasteiger partial charge in [0.15, 0.2) is 0 Å². The number of carbonyl (C=O) groups excluding carboxylic acids is 1. The molecule has 5 rings (SSSR count). The Morgan fingerprint density at radius 1 is 0.938 bits per heavy atom. The molecule has 32 heavy (non-hydrogen) atoms. The van der Waals surface area contributed by atoms with E-state index in [1.807, 2.05) is 53.7 Å². The molecule has 0 spiro atoms. The monoisotopic (exact) mass is 424 g/mol. The Hall–Kier alpha value is -4.00. The van der Waals surface area contributed by atoms with Crippen LogP contribution in [0, 0.1) is 0 Å². The minimum Gasteiger partial charge on any atom is -0.368 e. The number of pyridine rings is 1. The van der Waals surface area contributed by atoms with Gasteiger partial charge in [0.25, 0.3) is 0 Å². The van der Waals surface area contributed by atoms with Crippen molar-refractivity contribution in [2.45, 2.75) is 6.92 Å². The molecule has 7 heteroatoms. The molecule has 1 amide bonds. The predicted molar refractivity (Wildman–Crippen MR) is 127 cm³/mol. The fraction of sp³-hybridized carbons (Fsp3) is 0.200. The van der Waals surface area contributed by atoms with Crippen molar-refractivity contribution in [1.82, 2.24) is 19.9 Å². The van der Waals surface area contributed by atoms with Gasteiger partial charge in [0.2, 0.25) is 11.9 Å². The molecule has 1 fully saturated rings. The van der Waals surface area contributed by atoms with Gasteiger partial charge in [0, 0.05) is 79.6 Å². The zero-order valence-electron chi connectivity index (χ0n) is 17.9. The zero-order chi connectivity index (χ0) is 21.9. The molecule has 4 aromatic rings. The van der Waals surface area contributed by atoms with Crippen LogP contribution >= 0.6 is 0 Å². The fourth-order valence-electron chi connectivity index (χ4n) is 4.04. The van der Waals surface area contributed by atoms with Crippen LogP contribution in [-0.4, -0.2) is 51.9 Å². The Balaban J connectivity index is 1.34. The molecule has 0 unspecified atom stereocenters. The number of hydrogen-bond acceptors (Lipinski definition) is 6. The number of amides is 1. The number of nitrogens with one attached hydrogen (secondary N) is 1. The first-order valence-electron chi connectivity index (χ1n) is 10.7. The molecule has 2 aromatic heterocycles. The Morgan fingerprint density at radius 3 is 2.47 bits per heavy atom. The quantitative estimate of drug-likeness (QED) is 0.532. The molecule has 2 aromatic carbocycles. The number of benzene rings is 2. The average molecular weight is 425 g/mol. The van der Waals surface area contributed by atoms with Crippen molar-refractivity contribution in [3.8, 4) is 11.1 Å². The van der Waals surface area contributed by atoms with Crippen LogP contribution in [0.1, 0.15) is 6.92 Å².